The lowest BCUT2D eigenvalue weighted by Gasteiger charge is -2.28. The monoisotopic (exact) mass is 404 g/mol. The fourth-order valence-electron chi connectivity index (χ4n) is 3.66. The zero-order valence-corrected chi connectivity index (χ0v) is 19.0. The molecule has 1 fully saturated rings. The third-order valence-corrected chi connectivity index (χ3v) is 5.41. The lowest BCUT2D eigenvalue weighted by Crippen LogP contribution is -2.39. The van der Waals surface area contributed by atoms with Gasteiger partial charge in [-0.25, -0.2) is 0 Å². The maximum Gasteiger partial charge on any atom is 0.191 e. The Bertz CT molecular complexity index is 627. The van der Waals surface area contributed by atoms with Crippen LogP contribution in [0.5, 0.6) is 11.5 Å². The topological polar surface area (TPSA) is 58.1 Å². The normalized spacial score (nSPS) is 17.1. The minimum Gasteiger partial charge on any atom is -0.490 e. The number of hydrogen-bond donors (Lipinski definition) is 2. The Morgan fingerprint density at radius 2 is 1.83 bits per heavy atom. The molecule has 6 heteroatoms. The number of guanidine groups is 1. The highest BCUT2D eigenvalue weighted by atomic mass is 16.5. The molecular weight excluding hydrogens is 364 g/mol. The van der Waals surface area contributed by atoms with Gasteiger partial charge in [0.05, 0.1) is 19.3 Å². The van der Waals surface area contributed by atoms with Crippen LogP contribution in [0.25, 0.3) is 0 Å². The number of hydrogen-bond acceptors (Lipinski definition) is 4. The number of rotatable bonds is 10. The lowest BCUT2D eigenvalue weighted by atomic mass is 9.94. The van der Waals surface area contributed by atoms with E-state index in [0.717, 1.165) is 48.5 Å². The summed E-state index contributed by atoms with van der Waals surface area (Å²) >= 11 is 0. The average Bonchev–Trinajstić information content (AvgIpc) is 2.71. The first kappa shape index (κ1) is 23.3. The third-order valence-electron chi connectivity index (χ3n) is 5.41. The molecule has 0 saturated carbocycles. The van der Waals surface area contributed by atoms with Gasteiger partial charge >= 0.3 is 0 Å². The van der Waals surface area contributed by atoms with E-state index in [0.29, 0.717) is 13.2 Å². The first-order valence-corrected chi connectivity index (χ1v) is 11.2. The van der Waals surface area contributed by atoms with Crippen molar-refractivity contribution < 1.29 is 9.47 Å². The van der Waals surface area contributed by atoms with Gasteiger partial charge in [0.2, 0.25) is 0 Å². The van der Waals surface area contributed by atoms with Crippen molar-refractivity contribution in [3.8, 4) is 11.5 Å². The van der Waals surface area contributed by atoms with Gasteiger partial charge in [0, 0.05) is 13.1 Å². The molecule has 0 aliphatic carbocycles. The Balaban J connectivity index is 1.96. The molecule has 1 aliphatic rings. The van der Waals surface area contributed by atoms with E-state index in [1.165, 1.54) is 25.9 Å². The van der Waals surface area contributed by atoms with E-state index in [2.05, 4.69) is 48.6 Å². The zero-order chi connectivity index (χ0) is 21.1. The Morgan fingerprint density at radius 1 is 1.14 bits per heavy atom. The Kier molecular flexibility index (Phi) is 10.1. The molecule has 2 N–H and O–H groups in total. The summed E-state index contributed by atoms with van der Waals surface area (Å²) in [5, 5.41) is 6.91. The van der Waals surface area contributed by atoms with Crippen LogP contribution >= 0.6 is 0 Å². The Labute approximate surface area is 177 Å². The summed E-state index contributed by atoms with van der Waals surface area (Å²) in [5.41, 5.74) is 1.15. The van der Waals surface area contributed by atoms with Gasteiger partial charge in [-0.1, -0.05) is 6.07 Å². The molecule has 1 atom stereocenters. The van der Waals surface area contributed by atoms with Crippen LogP contribution in [0, 0.1) is 5.92 Å². The van der Waals surface area contributed by atoms with E-state index in [1.807, 2.05) is 19.9 Å². The van der Waals surface area contributed by atoms with Crippen molar-refractivity contribution in [2.24, 2.45) is 10.9 Å². The van der Waals surface area contributed by atoms with Crippen LogP contribution in [-0.2, 0) is 0 Å². The quantitative estimate of drug-likeness (QED) is 0.458. The van der Waals surface area contributed by atoms with Gasteiger partial charge in [-0.05, 0) is 90.7 Å². The summed E-state index contributed by atoms with van der Waals surface area (Å²) in [5.74, 6) is 3.27. The van der Waals surface area contributed by atoms with Gasteiger partial charge in [0.25, 0.3) is 0 Å². The second-order valence-corrected chi connectivity index (χ2v) is 7.73. The summed E-state index contributed by atoms with van der Waals surface area (Å²) in [6.45, 7) is 13.6. The standard InChI is InChI=1S/C23H40N4O2/c1-6-24-23(25-14-11-19-12-15-27(5)16-13-19)26-18(4)20-9-10-21(28-7-2)22(17-20)29-8-3/h9-10,17-19H,6-8,11-16H2,1-5H3,(H2,24,25,26). The molecule has 1 aromatic carbocycles. The Hall–Kier alpha value is -1.95. The molecular formula is C23H40N4O2. The maximum atomic E-state index is 5.77. The molecule has 1 unspecified atom stereocenters. The molecule has 0 spiro atoms. The van der Waals surface area contributed by atoms with Crippen LogP contribution in [0.4, 0.5) is 0 Å². The number of piperidine rings is 1. The molecule has 0 aromatic heterocycles. The van der Waals surface area contributed by atoms with E-state index in [9.17, 15) is 0 Å². The minimum atomic E-state index is 0.117. The van der Waals surface area contributed by atoms with Gasteiger partial charge in [0.1, 0.15) is 0 Å². The fourth-order valence-corrected chi connectivity index (χ4v) is 3.66. The molecule has 2 rings (SSSR count). The fraction of sp³-hybridized carbons (Fsp3) is 0.696. The molecule has 0 amide bonds. The van der Waals surface area contributed by atoms with Gasteiger partial charge < -0.3 is 25.0 Å². The van der Waals surface area contributed by atoms with E-state index in [1.54, 1.807) is 0 Å². The number of aliphatic imine (C=N–C) groups is 1. The van der Waals surface area contributed by atoms with Crippen LogP contribution in [-0.4, -0.2) is 57.3 Å². The molecule has 0 bridgehead atoms. The number of nitrogens with zero attached hydrogens (tertiary/aromatic N) is 2. The van der Waals surface area contributed by atoms with E-state index >= 15 is 0 Å². The predicted molar refractivity (Wildman–Crippen MR) is 121 cm³/mol. The summed E-state index contributed by atoms with van der Waals surface area (Å²) in [7, 11) is 2.21. The summed E-state index contributed by atoms with van der Waals surface area (Å²) in [4.78, 5) is 7.24. The molecule has 1 heterocycles. The molecule has 1 aliphatic heterocycles. The highest BCUT2D eigenvalue weighted by Crippen LogP contribution is 2.30. The van der Waals surface area contributed by atoms with Crippen LogP contribution in [0.1, 0.15) is 58.6 Å². The van der Waals surface area contributed by atoms with Crippen molar-refractivity contribution in [3.63, 3.8) is 0 Å². The summed E-state index contributed by atoms with van der Waals surface area (Å²) in [6, 6.07) is 6.26. The molecule has 1 saturated heterocycles. The summed E-state index contributed by atoms with van der Waals surface area (Å²) < 4.78 is 11.4. The maximum absolute atomic E-state index is 5.77. The third kappa shape index (κ3) is 7.77. The van der Waals surface area contributed by atoms with Crippen LogP contribution in [0.2, 0.25) is 0 Å². The lowest BCUT2D eigenvalue weighted by molar-refractivity contribution is 0.214. The second kappa shape index (κ2) is 12.6. The molecule has 0 radical (unpaired) electrons. The van der Waals surface area contributed by atoms with Crippen molar-refractivity contribution in [2.75, 3.05) is 46.4 Å². The van der Waals surface area contributed by atoms with Crippen molar-refractivity contribution >= 4 is 5.96 Å². The number of ether oxygens (including phenoxy) is 2. The molecule has 1 aromatic rings. The first-order chi connectivity index (χ1) is 14.1. The van der Waals surface area contributed by atoms with Crippen LogP contribution in [0.3, 0.4) is 0 Å². The van der Waals surface area contributed by atoms with Crippen molar-refractivity contribution in [2.45, 2.75) is 53.0 Å². The smallest absolute Gasteiger partial charge is 0.191 e. The van der Waals surface area contributed by atoms with Gasteiger partial charge in [-0.2, -0.15) is 0 Å². The largest absolute Gasteiger partial charge is 0.490 e. The predicted octanol–water partition coefficient (Wildman–Crippen LogP) is 3.83. The molecule has 29 heavy (non-hydrogen) atoms. The Morgan fingerprint density at radius 3 is 2.48 bits per heavy atom. The minimum absolute atomic E-state index is 0.117. The molecule has 164 valence electrons. The van der Waals surface area contributed by atoms with Crippen molar-refractivity contribution in [1.82, 2.24) is 15.5 Å². The van der Waals surface area contributed by atoms with E-state index < -0.39 is 0 Å². The van der Waals surface area contributed by atoms with Gasteiger partial charge in [-0.15, -0.1) is 0 Å². The summed E-state index contributed by atoms with van der Waals surface area (Å²) in [6.07, 6.45) is 3.74. The zero-order valence-electron chi connectivity index (χ0n) is 19.0. The van der Waals surface area contributed by atoms with Crippen LogP contribution < -0.4 is 20.1 Å². The van der Waals surface area contributed by atoms with E-state index in [4.69, 9.17) is 14.5 Å². The number of nitrogens with one attached hydrogen (secondary N) is 2. The van der Waals surface area contributed by atoms with Gasteiger partial charge in [-0.3, -0.25) is 4.99 Å². The first-order valence-electron chi connectivity index (χ1n) is 11.2. The van der Waals surface area contributed by atoms with Gasteiger partial charge in [0.15, 0.2) is 17.5 Å². The highest BCUT2D eigenvalue weighted by molar-refractivity contribution is 5.80. The van der Waals surface area contributed by atoms with Crippen LogP contribution in [0.15, 0.2) is 23.2 Å². The second-order valence-electron chi connectivity index (χ2n) is 7.73. The number of likely N-dealkylation sites (tertiary alicyclic amines) is 1. The average molecular weight is 405 g/mol. The number of benzene rings is 1. The SMILES string of the molecule is CCNC(=NCCC1CCN(C)CC1)NC(C)c1ccc(OCC)c(OCC)c1. The van der Waals surface area contributed by atoms with E-state index in [-0.39, 0.29) is 6.04 Å². The van der Waals surface area contributed by atoms with Crippen molar-refractivity contribution in [1.29, 1.82) is 0 Å². The highest BCUT2D eigenvalue weighted by Gasteiger charge is 2.16. The van der Waals surface area contributed by atoms with Crippen molar-refractivity contribution in [3.05, 3.63) is 23.8 Å². The molecule has 6 nitrogen and oxygen atoms in total.